The van der Waals surface area contributed by atoms with E-state index in [1.54, 1.807) is 6.08 Å². The summed E-state index contributed by atoms with van der Waals surface area (Å²) < 4.78 is 14.7. The van der Waals surface area contributed by atoms with E-state index in [9.17, 15) is 28.7 Å². The fourth-order valence-corrected chi connectivity index (χ4v) is 8.36. The number of nitrogens with one attached hydrogen (secondary N) is 1. The molecule has 5 rings (SSSR count). The third kappa shape index (κ3) is 3.20. The molecular formula is C26H33FN2O5. The molecule has 3 unspecified atom stereocenters. The zero-order chi connectivity index (χ0) is 24.6. The number of hydrogen-bond acceptors (Lipinski definition) is 4. The lowest BCUT2D eigenvalue weighted by Crippen LogP contribution is -2.53. The van der Waals surface area contributed by atoms with Gasteiger partial charge in [0.1, 0.15) is 6.04 Å². The predicted molar refractivity (Wildman–Crippen MR) is 123 cm³/mol. The van der Waals surface area contributed by atoms with Gasteiger partial charge in [0.2, 0.25) is 5.82 Å². The van der Waals surface area contributed by atoms with Gasteiger partial charge in [0.15, 0.2) is 5.78 Å². The zero-order valence-corrected chi connectivity index (χ0v) is 20.0. The van der Waals surface area contributed by atoms with E-state index in [4.69, 9.17) is 0 Å². The summed E-state index contributed by atoms with van der Waals surface area (Å²) in [7, 11) is 0. The molecule has 1 aromatic rings. The van der Waals surface area contributed by atoms with Gasteiger partial charge in [0.25, 0.3) is 5.56 Å². The van der Waals surface area contributed by atoms with E-state index in [1.807, 2.05) is 4.98 Å². The van der Waals surface area contributed by atoms with Crippen molar-refractivity contribution < 1.29 is 19.1 Å². The van der Waals surface area contributed by atoms with Crippen molar-refractivity contribution in [2.45, 2.75) is 71.8 Å². The number of ketones is 1. The number of fused-ring (bicyclic) bond motifs is 5. The Morgan fingerprint density at radius 2 is 1.91 bits per heavy atom. The number of hydrogen-bond donors (Lipinski definition) is 2. The SMILES string of the molecule is CC1CC[C@H]2[C@@H]3CCC4=CC(=O)C(C(C(=O)O)n5cc(F)c(=O)[nH]c5=O)C[C@]4(C)[C@@H]3CC[C@]12C. The largest absolute Gasteiger partial charge is 0.480 e. The second-order valence-electron chi connectivity index (χ2n) is 11.7. The number of carboxylic acid groups (broad SMARTS) is 1. The number of carboxylic acids is 1. The first-order chi connectivity index (χ1) is 16.0. The molecule has 7 nitrogen and oxygen atoms in total. The quantitative estimate of drug-likeness (QED) is 0.697. The highest BCUT2D eigenvalue weighted by molar-refractivity contribution is 5.97. The minimum Gasteiger partial charge on any atom is -0.480 e. The summed E-state index contributed by atoms with van der Waals surface area (Å²) in [5.41, 5.74) is -1.14. The number of H-pyrrole nitrogens is 1. The van der Waals surface area contributed by atoms with Crippen LogP contribution in [0.4, 0.5) is 4.39 Å². The lowest BCUT2D eigenvalue weighted by atomic mass is 9.46. The lowest BCUT2D eigenvalue weighted by Gasteiger charge is -2.58. The Bertz CT molecular complexity index is 1200. The van der Waals surface area contributed by atoms with Crippen LogP contribution in [0.1, 0.15) is 71.8 Å². The average Bonchev–Trinajstić information content (AvgIpc) is 3.07. The average molecular weight is 473 g/mol. The second-order valence-corrected chi connectivity index (χ2v) is 11.7. The van der Waals surface area contributed by atoms with E-state index in [0.717, 1.165) is 31.3 Å². The fourth-order valence-electron chi connectivity index (χ4n) is 8.36. The molecule has 0 aliphatic heterocycles. The highest BCUT2D eigenvalue weighted by Gasteiger charge is 2.59. The van der Waals surface area contributed by atoms with Crippen molar-refractivity contribution in [3.63, 3.8) is 0 Å². The van der Waals surface area contributed by atoms with Gasteiger partial charge in [-0.05, 0) is 85.5 Å². The number of carbonyl (C=O) groups excluding carboxylic acids is 1. The van der Waals surface area contributed by atoms with Gasteiger partial charge in [-0.3, -0.25) is 19.1 Å². The highest BCUT2D eigenvalue weighted by Crippen LogP contribution is 2.67. The summed E-state index contributed by atoms with van der Waals surface area (Å²) in [5, 5.41) is 10.0. The fraction of sp³-hybridized carbons (Fsp3) is 0.692. The molecule has 1 heterocycles. The molecule has 3 fully saturated rings. The first-order valence-corrected chi connectivity index (χ1v) is 12.5. The van der Waals surface area contributed by atoms with E-state index in [2.05, 4.69) is 20.8 Å². The van der Waals surface area contributed by atoms with E-state index < -0.39 is 35.0 Å². The Morgan fingerprint density at radius 1 is 1.18 bits per heavy atom. The first-order valence-electron chi connectivity index (χ1n) is 12.5. The molecule has 3 saturated carbocycles. The Kier molecular flexibility index (Phi) is 5.30. The predicted octanol–water partition coefficient (Wildman–Crippen LogP) is 3.70. The Morgan fingerprint density at radius 3 is 2.62 bits per heavy atom. The maximum atomic E-state index is 14.0. The normalized spacial score (nSPS) is 40.1. The molecule has 34 heavy (non-hydrogen) atoms. The van der Waals surface area contributed by atoms with Crippen molar-refractivity contribution in [1.29, 1.82) is 0 Å². The Balaban J connectivity index is 1.54. The molecule has 2 N–H and O–H groups in total. The van der Waals surface area contributed by atoms with Crippen LogP contribution in [0.25, 0.3) is 0 Å². The number of aromatic nitrogens is 2. The van der Waals surface area contributed by atoms with Crippen LogP contribution in [0.15, 0.2) is 27.4 Å². The van der Waals surface area contributed by atoms with Crippen LogP contribution in [0.3, 0.4) is 0 Å². The van der Waals surface area contributed by atoms with Crippen LogP contribution < -0.4 is 11.2 Å². The second kappa shape index (κ2) is 7.75. The lowest BCUT2D eigenvalue weighted by molar-refractivity contribution is -0.147. The van der Waals surface area contributed by atoms with Crippen molar-refractivity contribution in [3.8, 4) is 0 Å². The van der Waals surface area contributed by atoms with Crippen LogP contribution in [0.2, 0.25) is 0 Å². The minimum absolute atomic E-state index is 0.308. The van der Waals surface area contributed by atoms with Gasteiger partial charge < -0.3 is 5.11 Å². The van der Waals surface area contributed by atoms with Gasteiger partial charge in [-0.15, -0.1) is 0 Å². The first kappa shape index (κ1) is 23.2. The number of allylic oxidation sites excluding steroid dienone is 1. The maximum Gasteiger partial charge on any atom is 0.329 e. The summed E-state index contributed by atoms with van der Waals surface area (Å²) in [6.45, 7) is 6.96. The van der Waals surface area contributed by atoms with Gasteiger partial charge in [-0.2, -0.15) is 4.39 Å². The van der Waals surface area contributed by atoms with Crippen molar-refractivity contribution in [3.05, 3.63) is 44.5 Å². The molecule has 8 heteroatoms. The molecule has 0 saturated heterocycles. The summed E-state index contributed by atoms with van der Waals surface area (Å²) in [4.78, 5) is 51.3. The van der Waals surface area contributed by atoms with Gasteiger partial charge >= 0.3 is 11.7 Å². The third-order valence-corrected chi connectivity index (χ3v) is 10.4. The van der Waals surface area contributed by atoms with Gasteiger partial charge in [-0.1, -0.05) is 26.3 Å². The summed E-state index contributed by atoms with van der Waals surface area (Å²) in [5.74, 6) is -1.77. The summed E-state index contributed by atoms with van der Waals surface area (Å²) in [6, 6.07) is -1.58. The molecule has 0 amide bonds. The van der Waals surface area contributed by atoms with Crippen LogP contribution in [-0.2, 0) is 9.59 Å². The van der Waals surface area contributed by atoms with Crippen LogP contribution in [0, 0.1) is 46.2 Å². The molecule has 184 valence electrons. The van der Waals surface area contributed by atoms with E-state index in [-0.39, 0.29) is 11.2 Å². The van der Waals surface area contributed by atoms with Crippen molar-refractivity contribution in [2.75, 3.05) is 0 Å². The van der Waals surface area contributed by atoms with Crippen molar-refractivity contribution in [2.24, 2.45) is 40.4 Å². The molecule has 4 aliphatic carbocycles. The van der Waals surface area contributed by atoms with Crippen LogP contribution in [-0.4, -0.2) is 26.4 Å². The number of aromatic amines is 1. The number of halogens is 1. The van der Waals surface area contributed by atoms with E-state index in [1.165, 1.54) is 12.8 Å². The molecule has 0 aromatic carbocycles. The van der Waals surface area contributed by atoms with E-state index >= 15 is 0 Å². The molecule has 1 aromatic heterocycles. The summed E-state index contributed by atoms with van der Waals surface area (Å²) >= 11 is 0. The molecule has 0 bridgehead atoms. The minimum atomic E-state index is -1.58. The maximum absolute atomic E-state index is 14.0. The standard InChI is InChI=1S/C26H33FN2O5/c1-13-4-7-17-15-6-5-14-10-20(30)16(11-26(14,3)18(15)8-9-25(13,17)2)21(23(32)33)29-12-19(27)22(31)28-24(29)34/h10,12-13,15-18,21H,4-9,11H2,1-3H3,(H,32,33)(H,28,31,34)/t13?,15-,16?,17-,18+,21?,25+,26-/m0/s1. The number of aliphatic carboxylic acids is 1. The molecule has 4 aliphatic rings. The Hall–Kier alpha value is -2.51. The van der Waals surface area contributed by atoms with Crippen molar-refractivity contribution >= 4 is 11.8 Å². The monoisotopic (exact) mass is 472 g/mol. The van der Waals surface area contributed by atoms with E-state index in [0.29, 0.717) is 46.3 Å². The van der Waals surface area contributed by atoms with Crippen LogP contribution >= 0.6 is 0 Å². The Labute approximate surface area is 197 Å². The third-order valence-electron chi connectivity index (χ3n) is 10.4. The van der Waals surface area contributed by atoms with Crippen LogP contribution in [0.5, 0.6) is 0 Å². The zero-order valence-electron chi connectivity index (χ0n) is 20.0. The topological polar surface area (TPSA) is 109 Å². The molecular weight excluding hydrogens is 439 g/mol. The van der Waals surface area contributed by atoms with Crippen molar-refractivity contribution in [1.82, 2.24) is 9.55 Å². The smallest absolute Gasteiger partial charge is 0.329 e. The molecule has 0 radical (unpaired) electrons. The van der Waals surface area contributed by atoms with Gasteiger partial charge in [-0.25, -0.2) is 9.59 Å². The summed E-state index contributed by atoms with van der Waals surface area (Å²) in [6.07, 6.45) is 9.07. The highest BCUT2D eigenvalue weighted by atomic mass is 19.1. The molecule has 8 atom stereocenters. The number of carbonyl (C=O) groups is 2. The van der Waals surface area contributed by atoms with Gasteiger partial charge in [0, 0.05) is 0 Å². The number of nitrogens with zero attached hydrogens (tertiary/aromatic N) is 1. The number of rotatable bonds is 3. The van der Waals surface area contributed by atoms with Gasteiger partial charge in [0.05, 0.1) is 12.1 Å². The molecule has 0 spiro atoms.